The fourth-order valence-corrected chi connectivity index (χ4v) is 11.4. The lowest BCUT2D eigenvalue weighted by Crippen LogP contribution is -2.38. The number of benzene rings is 4. The van der Waals surface area contributed by atoms with Gasteiger partial charge < -0.3 is 0 Å². The Morgan fingerprint density at radius 3 is 1.00 bits per heavy atom. The fraction of sp³-hybridized carbons (Fsp3) is 0.226. The van der Waals surface area contributed by atoms with Crippen LogP contribution in [0.5, 0.6) is 0 Å². The van der Waals surface area contributed by atoms with Gasteiger partial charge in [0.1, 0.15) is 0 Å². The Hall–Kier alpha value is -2.30. The van der Waals surface area contributed by atoms with E-state index in [0.29, 0.717) is 6.04 Å². The molecule has 0 heterocycles. The third kappa shape index (κ3) is 5.50. The SMILES string of the molecule is c1ccc(P(c2ccccc2)N(C2CCCCCC2)P(c2ccccc2)c2ccccc2)cc1. The molecule has 4 aromatic carbocycles. The molecule has 0 amide bonds. The van der Waals surface area contributed by atoms with Crippen LogP contribution in [0.4, 0.5) is 0 Å². The predicted molar refractivity (Wildman–Crippen MR) is 151 cm³/mol. The van der Waals surface area contributed by atoms with Crippen molar-refractivity contribution in [3.63, 3.8) is 0 Å². The van der Waals surface area contributed by atoms with E-state index in [9.17, 15) is 0 Å². The number of hydrogen-bond acceptors (Lipinski definition) is 1. The monoisotopic (exact) mass is 481 g/mol. The average Bonchev–Trinajstić information content (AvgIpc) is 3.20. The van der Waals surface area contributed by atoms with Crippen LogP contribution in [0.15, 0.2) is 121 Å². The Kier molecular flexibility index (Phi) is 8.21. The molecule has 0 aliphatic heterocycles. The van der Waals surface area contributed by atoms with E-state index in [2.05, 4.69) is 126 Å². The van der Waals surface area contributed by atoms with E-state index in [-0.39, 0.29) is 0 Å². The van der Waals surface area contributed by atoms with Gasteiger partial charge in [-0.1, -0.05) is 147 Å². The summed E-state index contributed by atoms with van der Waals surface area (Å²) in [5.74, 6) is 0. The second-order valence-electron chi connectivity index (χ2n) is 8.93. The minimum atomic E-state index is -0.673. The molecule has 3 heteroatoms. The molecule has 0 spiro atoms. The van der Waals surface area contributed by atoms with Crippen LogP contribution in [0.3, 0.4) is 0 Å². The summed E-state index contributed by atoms with van der Waals surface area (Å²) in [5, 5.41) is 5.80. The van der Waals surface area contributed by atoms with Gasteiger partial charge in [0.2, 0.25) is 0 Å². The molecule has 0 bridgehead atoms. The van der Waals surface area contributed by atoms with Crippen LogP contribution in [-0.4, -0.2) is 10.5 Å². The van der Waals surface area contributed by atoms with Crippen molar-refractivity contribution >= 4 is 37.4 Å². The Bertz CT molecular complexity index is 949. The van der Waals surface area contributed by atoms with Crippen LogP contribution >= 0.6 is 16.1 Å². The topological polar surface area (TPSA) is 3.24 Å². The molecule has 0 unspecified atom stereocenters. The highest BCUT2D eigenvalue weighted by Gasteiger charge is 2.36. The quantitative estimate of drug-likeness (QED) is 0.201. The summed E-state index contributed by atoms with van der Waals surface area (Å²) in [6.45, 7) is 0. The summed E-state index contributed by atoms with van der Waals surface area (Å²) in [4.78, 5) is 0. The summed E-state index contributed by atoms with van der Waals surface area (Å²) < 4.78 is 2.99. The normalized spacial score (nSPS) is 15.0. The lowest BCUT2D eigenvalue weighted by atomic mass is 10.1. The summed E-state index contributed by atoms with van der Waals surface area (Å²) in [6.07, 6.45) is 7.98. The van der Waals surface area contributed by atoms with Crippen LogP contribution in [0.25, 0.3) is 0 Å². The minimum Gasteiger partial charge on any atom is -0.242 e. The molecular formula is C31H33NP2. The summed E-state index contributed by atoms with van der Waals surface area (Å²) in [5.41, 5.74) is 0. The van der Waals surface area contributed by atoms with Crippen molar-refractivity contribution in [3.8, 4) is 0 Å². The van der Waals surface area contributed by atoms with Gasteiger partial charge in [0, 0.05) is 22.2 Å². The standard InChI is InChI=1S/C31H33NP2/c1-2-8-18-27(17-7-1)32(33(28-19-9-3-10-20-28)29-21-11-4-12-22-29)34(30-23-13-5-14-24-30)31-25-15-6-16-26-31/h3-6,9-16,19-27H,1-2,7-8,17-18H2. The molecule has 1 aliphatic rings. The molecule has 0 radical (unpaired) electrons. The zero-order valence-corrected chi connectivity index (χ0v) is 21.5. The van der Waals surface area contributed by atoms with E-state index < -0.39 is 16.1 Å². The van der Waals surface area contributed by atoms with Crippen molar-refractivity contribution in [3.05, 3.63) is 121 Å². The maximum atomic E-state index is 2.99. The van der Waals surface area contributed by atoms with Crippen LogP contribution in [0, 0.1) is 0 Å². The maximum absolute atomic E-state index is 2.99. The van der Waals surface area contributed by atoms with Gasteiger partial charge in [0.15, 0.2) is 0 Å². The van der Waals surface area contributed by atoms with E-state index in [1.807, 2.05) is 0 Å². The summed E-state index contributed by atoms with van der Waals surface area (Å²) in [7, 11) is -1.35. The van der Waals surface area contributed by atoms with Gasteiger partial charge in [-0.05, 0) is 34.1 Å². The van der Waals surface area contributed by atoms with Crippen LogP contribution in [-0.2, 0) is 0 Å². The van der Waals surface area contributed by atoms with Crippen molar-refractivity contribution in [2.24, 2.45) is 0 Å². The first-order valence-electron chi connectivity index (χ1n) is 12.5. The lowest BCUT2D eigenvalue weighted by molar-refractivity contribution is 0.441. The fourth-order valence-electron chi connectivity index (χ4n) is 4.95. The van der Waals surface area contributed by atoms with Crippen molar-refractivity contribution in [1.82, 2.24) is 4.44 Å². The van der Waals surface area contributed by atoms with E-state index in [0.717, 1.165) is 0 Å². The Morgan fingerprint density at radius 1 is 0.412 bits per heavy atom. The molecule has 1 fully saturated rings. The van der Waals surface area contributed by atoms with Crippen LogP contribution in [0.2, 0.25) is 0 Å². The zero-order valence-electron chi connectivity index (χ0n) is 19.7. The lowest BCUT2D eigenvalue weighted by Gasteiger charge is -2.44. The molecule has 0 aromatic heterocycles. The Balaban J connectivity index is 1.73. The van der Waals surface area contributed by atoms with Gasteiger partial charge in [-0.2, -0.15) is 0 Å². The number of rotatable bonds is 7. The van der Waals surface area contributed by atoms with Crippen LogP contribution in [0.1, 0.15) is 38.5 Å². The highest BCUT2D eigenvalue weighted by atomic mass is 31.2. The molecule has 1 saturated carbocycles. The molecule has 0 atom stereocenters. The van der Waals surface area contributed by atoms with Crippen molar-refractivity contribution in [2.75, 3.05) is 0 Å². The first-order chi connectivity index (χ1) is 16.9. The third-order valence-corrected chi connectivity index (χ3v) is 12.3. The highest BCUT2D eigenvalue weighted by molar-refractivity contribution is 7.84. The van der Waals surface area contributed by atoms with E-state index >= 15 is 0 Å². The first kappa shape index (κ1) is 23.4. The molecular weight excluding hydrogens is 448 g/mol. The second-order valence-corrected chi connectivity index (χ2v) is 13.4. The van der Waals surface area contributed by atoms with Crippen molar-refractivity contribution in [1.29, 1.82) is 0 Å². The smallest absolute Gasteiger partial charge is 0.0325 e. The molecule has 1 nitrogen and oxygen atoms in total. The molecule has 34 heavy (non-hydrogen) atoms. The third-order valence-electron chi connectivity index (χ3n) is 6.56. The second kappa shape index (κ2) is 11.9. The molecule has 1 aliphatic carbocycles. The van der Waals surface area contributed by atoms with Gasteiger partial charge in [-0.15, -0.1) is 0 Å². The average molecular weight is 482 g/mol. The molecule has 172 valence electrons. The van der Waals surface area contributed by atoms with Crippen molar-refractivity contribution < 1.29 is 0 Å². The van der Waals surface area contributed by atoms with Gasteiger partial charge >= 0.3 is 0 Å². The Morgan fingerprint density at radius 2 is 0.706 bits per heavy atom. The summed E-state index contributed by atoms with van der Waals surface area (Å²) in [6, 6.07) is 45.7. The number of hydrogen-bond donors (Lipinski definition) is 0. The zero-order chi connectivity index (χ0) is 23.0. The van der Waals surface area contributed by atoms with E-state index in [1.165, 1.54) is 59.7 Å². The minimum absolute atomic E-state index is 0.584. The van der Waals surface area contributed by atoms with Crippen LogP contribution < -0.4 is 21.2 Å². The molecule has 5 rings (SSSR count). The largest absolute Gasteiger partial charge is 0.242 e. The molecule has 4 aromatic rings. The first-order valence-corrected chi connectivity index (χ1v) is 15.1. The summed E-state index contributed by atoms with van der Waals surface area (Å²) >= 11 is 0. The van der Waals surface area contributed by atoms with Gasteiger partial charge in [0.05, 0.1) is 0 Å². The highest BCUT2D eigenvalue weighted by Crippen LogP contribution is 2.57. The van der Waals surface area contributed by atoms with E-state index in [1.54, 1.807) is 0 Å². The van der Waals surface area contributed by atoms with Crippen molar-refractivity contribution in [2.45, 2.75) is 44.6 Å². The predicted octanol–water partition coefficient (Wildman–Crippen LogP) is 7.11. The molecule has 0 N–H and O–H groups in total. The molecule has 0 saturated heterocycles. The van der Waals surface area contributed by atoms with E-state index in [4.69, 9.17) is 0 Å². The van der Waals surface area contributed by atoms with Gasteiger partial charge in [-0.25, -0.2) is 4.44 Å². The van der Waals surface area contributed by atoms with Gasteiger partial charge in [-0.3, -0.25) is 0 Å². The van der Waals surface area contributed by atoms with Gasteiger partial charge in [0.25, 0.3) is 0 Å². The number of nitrogens with zero attached hydrogens (tertiary/aromatic N) is 1. The maximum Gasteiger partial charge on any atom is 0.0325 e. The Labute approximate surface area is 207 Å².